The largest absolute Gasteiger partial charge is 0.457 e. The number of nitrogens with one attached hydrogen (secondary N) is 3. The van der Waals surface area contributed by atoms with Crippen LogP contribution in [-0.2, 0) is 4.79 Å². The molecule has 1 aliphatic rings. The summed E-state index contributed by atoms with van der Waals surface area (Å²) in [6.45, 7) is 0.121. The second kappa shape index (κ2) is 11.2. The molecule has 3 N–H and O–H groups in total. The van der Waals surface area contributed by atoms with E-state index < -0.39 is 0 Å². The number of anilines is 2. The minimum atomic E-state index is -0.161. The van der Waals surface area contributed by atoms with Gasteiger partial charge >= 0.3 is 0 Å². The molecule has 0 unspecified atom stereocenters. The van der Waals surface area contributed by atoms with Gasteiger partial charge in [-0.25, -0.2) is 0 Å². The van der Waals surface area contributed by atoms with Crippen LogP contribution in [0.1, 0.15) is 42.5 Å². The van der Waals surface area contributed by atoms with Crippen molar-refractivity contribution in [3.05, 3.63) is 84.4 Å². The fourth-order valence-electron chi connectivity index (χ4n) is 3.87. The molecule has 33 heavy (non-hydrogen) atoms. The van der Waals surface area contributed by atoms with Crippen molar-refractivity contribution in [3.63, 3.8) is 0 Å². The molecule has 4 rings (SSSR count). The van der Waals surface area contributed by atoms with Gasteiger partial charge in [-0.1, -0.05) is 37.5 Å². The maximum Gasteiger partial charge on any atom is 0.251 e. The summed E-state index contributed by atoms with van der Waals surface area (Å²) in [5.41, 5.74) is 2.11. The Morgan fingerprint density at radius 2 is 1.39 bits per heavy atom. The lowest BCUT2D eigenvalue weighted by Gasteiger charge is -2.22. The van der Waals surface area contributed by atoms with Gasteiger partial charge in [0, 0.05) is 23.0 Å². The van der Waals surface area contributed by atoms with Gasteiger partial charge in [0.25, 0.3) is 5.91 Å². The lowest BCUT2D eigenvalue weighted by Crippen LogP contribution is -2.36. The molecule has 1 fully saturated rings. The lowest BCUT2D eigenvalue weighted by atomic mass is 9.95. The van der Waals surface area contributed by atoms with E-state index in [1.165, 1.54) is 19.3 Å². The van der Waals surface area contributed by atoms with E-state index in [0.717, 1.165) is 24.3 Å². The van der Waals surface area contributed by atoms with Crippen molar-refractivity contribution in [2.24, 2.45) is 0 Å². The quantitative estimate of drug-likeness (QED) is 0.424. The molecule has 0 aromatic heterocycles. The number of benzene rings is 3. The van der Waals surface area contributed by atoms with Crippen molar-refractivity contribution in [2.45, 2.75) is 38.1 Å². The summed E-state index contributed by atoms with van der Waals surface area (Å²) >= 11 is 0. The number of amides is 2. The Bertz CT molecular complexity index is 1040. The summed E-state index contributed by atoms with van der Waals surface area (Å²) < 4.78 is 5.76. The first-order chi connectivity index (χ1) is 16.2. The predicted molar refractivity (Wildman–Crippen MR) is 131 cm³/mol. The molecule has 3 aromatic rings. The van der Waals surface area contributed by atoms with Crippen molar-refractivity contribution in [1.29, 1.82) is 0 Å². The summed E-state index contributed by atoms with van der Waals surface area (Å²) in [5, 5.41) is 9.06. The highest BCUT2D eigenvalue weighted by Gasteiger charge is 2.16. The first kappa shape index (κ1) is 22.4. The smallest absolute Gasteiger partial charge is 0.251 e. The standard InChI is InChI=1S/C27H29N3O3/c31-26(29-23-15-17-25(18-16-23)33-24-9-5-2-6-10-24)19-28-21-13-11-20(12-14-21)27(32)30-22-7-3-1-4-8-22/h2,5-6,9-18,22,28H,1,3-4,7-8,19H2,(H,29,31)(H,30,32). The Morgan fingerprint density at radius 3 is 2.09 bits per heavy atom. The topological polar surface area (TPSA) is 79.5 Å². The SMILES string of the molecule is O=C(CNc1ccc(C(=O)NC2CCCCC2)cc1)Nc1ccc(Oc2ccccc2)cc1. The van der Waals surface area contributed by atoms with Gasteiger partial charge in [0.05, 0.1) is 6.54 Å². The van der Waals surface area contributed by atoms with Crippen LogP contribution in [0.15, 0.2) is 78.9 Å². The van der Waals surface area contributed by atoms with Crippen LogP contribution in [-0.4, -0.2) is 24.4 Å². The summed E-state index contributed by atoms with van der Waals surface area (Å²) in [7, 11) is 0. The average molecular weight is 444 g/mol. The van der Waals surface area contributed by atoms with E-state index in [2.05, 4.69) is 16.0 Å². The van der Waals surface area contributed by atoms with Crippen molar-refractivity contribution in [3.8, 4) is 11.5 Å². The molecule has 3 aromatic carbocycles. The Hall–Kier alpha value is -3.80. The Morgan fingerprint density at radius 1 is 0.758 bits per heavy atom. The molecular formula is C27H29N3O3. The van der Waals surface area contributed by atoms with Crippen molar-refractivity contribution >= 4 is 23.2 Å². The Balaban J connectivity index is 1.22. The zero-order valence-electron chi connectivity index (χ0n) is 18.6. The van der Waals surface area contributed by atoms with Crippen LogP contribution in [0.2, 0.25) is 0 Å². The van der Waals surface area contributed by atoms with E-state index in [1.54, 1.807) is 24.3 Å². The first-order valence-corrected chi connectivity index (χ1v) is 11.4. The zero-order valence-corrected chi connectivity index (χ0v) is 18.6. The molecule has 6 nitrogen and oxygen atoms in total. The molecule has 0 heterocycles. The van der Waals surface area contributed by atoms with Crippen LogP contribution >= 0.6 is 0 Å². The molecular weight excluding hydrogens is 414 g/mol. The fraction of sp³-hybridized carbons (Fsp3) is 0.259. The highest BCUT2D eigenvalue weighted by atomic mass is 16.5. The first-order valence-electron chi connectivity index (χ1n) is 11.4. The number of carbonyl (C=O) groups excluding carboxylic acids is 2. The van der Waals surface area contributed by atoms with E-state index in [0.29, 0.717) is 17.0 Å². The second-order valence-corrected chi connectivity index (χ2v) is 8.23. The van der Waals surface area contributed by atoms with Crippen molar-refractivity contribution in [2.75, 3.05) is 17.2 Å². The predicted octanol–water partition coefficient (Wildman–Crippen LogP) is 5.59. The molecule has 170 valence electrons. The summed E-state index contributed by atoms with van der Waals surface area (Å²) in [6.07, 6.45) is 5.74. The summed E-state index contributed by atoms with van der Waals surface area (Å²) in [5.74, 6) is 1.26. The van der Waals surface area contributed by atoms with E-state index in [9.17, 15) is 9.59 Å². The summed E-state index contributed by atoms with van der Waals surface area (Å²) in [4.78, 5) is 24.7. The molecule has 0 atom stereocenters. The van der Waals surface area contributed by atoms with Gasteiger partial charge in [-0.2, -0.15) is 0 Å². The van der Waals surface area contributed by atoms with Crippen LogP contribution in [0, 0.1) is 0 Å². The molecule has 0 saturated heterocycles. The molecule has 1 aliphatic carbocycles. The number of carbonyl (C=O) groups is 2. The van der Waals surface area contributed by atoms with Crippen LogP contribution in [0.4, 0.5) is 11.4 Å². The number of hydrogen-bond acceptors (Lipinski definition) is 4. The third kappa shape index (κ3) is 6.84. The van der Waals surface area contributed by atoms with Crippen LogP contribution in [0.3, 0.4) is 0 Å². The van der Waals surface area contributed by atoms with Crippen LogP contribution in [0.25, 0.3) is 0 Å². The van der Waals surface area contributed by atoms with E-state index >= 15 is 0 Å². The number of rotatable bonds is 8. The van der Waals surface area contributed by atoms with E-state index in [-0.39, 0.29) is 24.4 Å². The van der Waals surface area contributed by atoms with Gasteiger partial charge in [-0.3, -0.25) is 9.59 Å². The van der Waals surface area contributed by atoms with Crippen LogP contribution < -0.4 is 20.7 Å². The molecule has 0 aliphatic heterocycles. The monoisotopic (exact) mass is 443 g/mol. The third-order valence-corrected chi connectivity index (χ3v) is 5.66. The maximum absolute atomic E-state index is 12.4. The Kier molecular flexibility index (Phi) is 7.59. The Labute approximate surface area is 194 Å². The minimum Gasteiger partial charge on any atom is -0.457 e. The summed E-state index contributed by atoms with van der Waals surface area (Å²) in [6, 6.07) is 24.2. The van der Waals surface area contributed by atoms with Gasteiger partial charge in [0.1, 0.15) is 11.5 Å². The molecule has 6 heteroatoms. The molecule has 0 bridgehead atoms. The molecule has 2 amide bonds. The van der Waals surface area contributed by atoms with E-state index in [1.807, 2.05) is 54.6 Å². The average Bonchev–Trinajstić information content (AvgIpc) is 2.85. The van der Waals surface area contributed by atoms with E-state index in [4.69, 9.17) is 4.74 Å². The molecule has 1 saturated carbocycles. The van der Waals surface area contributed by atoms with Gasteiger partial charge in [-0.15, -0.1) is 0 Å². The third-order valence-electron chi connectivity index (χ3n) is 5.66. The van der Waals surface area contributed by atoms with Crippen LogP contribution in [0.5, 0.6) is 11.5 Å². The number of hydrogen-bond donors (Lipinski definition) is 3. The lowest BCUT2D eigenvalue weighted by molar-refractivity contribution is -0.114. The molecule has 0 spiro atoms. The van der Waals surface area contributed by atoms with Crippen molar-refractivity contribution < 1.29 is 14.3 Å². The van der Waals surface area contributed by atoms with Gasteiger partial charge in [0.2, 0.25) is 5.91 Å². The normalized spacial score (nSPS) is 13.7. The minimum absolute atomic E-state index is 0.0362. The van der Waals surface area contributed by atoms with Gasteiger partial charge in [0.15, 0.2) is 0 Å². The highest BCUT2D eigenvalue weighted by molar-refractivity contribution is 5.95. The zero-order chi connectivity index (χ0) is 22.9. The van der Waals surface area contributed by atoms with Crippen molar-refractivity contribution in [1.82, 2.24) is 5.32 Å². The fourth-order valence-corrected chi connectivity index (χ4v) is 3.87. The van der Waals surface area contributed by atoms with Gasteiger partial charge in [-0.05, 0) is 73.5 Å². The highest BCUT2D eigenvalue weighted by Crippen LogP contribution is 2.22. The number of para-hydroxylation sites is 1. The van der Waals surface area contributed by atoms with Gasteiger partial charge < -0.3 is 20.7 Å². The second-order valence-electron chi connectivity index (χ2n) is 8.23. The maximum atomic E-state index is 12.4. The molecule has 0 radical (unpaired) electrons. The number of ether oxygens (including phenoxy) is 1.